The van der Waals surface area contributed by atoms with Gasteiger partial charge in [-0.25, -0.2) is 8.42 Å². The third kappa shape index (κ3) is 3.90. The molecular weight excluding hydrogens is 480 g/mol. The Labute approximate surface area is 214 Å². The van der Waals surface area contributed by atoms with Crippen LogP contribution in [-0.4, -0.2) is 18.6 Å². The van der Waals surface area contributed by atoms with Crippen molar-refractivity contribution in [1.29, 1.82) is 0 Å². The Morgan fingerprint density at radius 1 is 0.432 bits per heavy atom. The van der Waals surface area contributed by atoms with E-state index in [2.05, 4.69) is 0 Å². The SMILES string of the molecule is O=S(=O)(c1ccc(O)c(-c2cccc3ccccc23)c1)c1ccc(O)c(-c2cccc3ccccc23)c1. The smallest absolute Gasteiger partial charge is 0.206 e. The number of hydrogen-bond acceptors (Lipinski definition) is 4. The third-order valence-corrected chi connectivity index (χ3v) is 8.47. The molecule has 6 aromatic carbocycles. The largest absolute Gasteiger partial charge is 0.507 e. The molecule has 0 aliphatic rings. The van der Waals surface area contributed by atoms with Crippen molar-refractivity contribution in [1.82, 2.24) is 0 Å². The van der Waals surface area contributed by atoms with Crippen molar-refractivity contribution in [2.45, 2.75) is 9.79 Å². The lowest BCUT2D eigenvalue weighted by atomic mass is 9.98. The lowest BCUT2D eigenvalue weighted by Crippen LogP contribution is -2.03. The van der Waals surface area contributed by atoms with Crippen LogP contribution in [0.2, 0.25) is 0 Å². The molecular formula is C32H22O4S. The van der Waals surface area contributed by atoms with Crippen LogP contribution in [0.15, 0.2) is 131 Å². The molecule has 0 aromatic heterocycles. The quantitative estimate of drug-likeness (QED) is 0.261. The number of aromatic hydroxyl groups is 2. The zero-order valence-electron chi connectivity index (χ0n) is 19.7. The van der Waals surface area contributed by atoms with Gasteiger partial charge >= 0.3 is 0 Å². The average Bonchev–Trinajstić information content (AvgIpc) is 2.93. The summed E-state index contributed by atoms with van der Waals surface area (Å²) in [5.74, 6) is -0.00472. The number of benzene rings is 6. The maximum atomic E-state index is 13.8. The third-order valence-electron chi connectivity index (χ3n) is 6.72. The van der Waals surface area contributed by atoms with Crippen LogP contribution >= 0.6 is 0 Å². The van der Waals surface area contributed by atoms with E-state index in [9.17, 15) is 18.6 Å². The Morgan fingerprint density at radius 2 is 0.838 bits per heavy atom. The predicted octanol–water partition coefficient (Wildman–Crippen LogP) is 7.57. The summed E-state index contributed by atoms with van der Waals surface area (Å²) in [6, 6.07) is 35.6. The van der Waals surface area contributed by atoms with Crippen molar-refractivity contribution in [3.8, 4) is 33.8 Å². The summed E-state index contributed by atoms with van der Waals surface area (Å²) in [5, 5.41) is 25.2. The molecule has 0 saturated heterocycles. The lowest BCUT2D eigenvalue weighted by Gasteiger charge is -2.13. The minimum Gasteiger partial charge on any atom is -0.507 e. The summed E-state index contributed by atoms with van der Waals surface area (Å²) in [6.45, 7) is 0. The fourth-order valence-electron chi connectivity index (χ4n) is 4.85. The average molecular weight is 503 g/mol. The van der Waals surface area contributed by atoms with E-state index < -0.39 is 9.84 Å². The van der Waals surface area contributed by atoms with Gasteiger partial charge < -0.3 is 10.2 Å². The molecule has 0 saturated carbocycles. The Bertz CT molecular complexity index is 1780. The monoisotopic (exact) mass is 502 g/mol. The van der Waals surface area contributed by atoms with Gasteiger partial charge in [0.2, 0.25) is 9.84 Å². The standard InChI is InChI=1S/C32H22O4S/c33-31-17-15-23(19-29(31)27-13-5-9-21-7-1-3-11-25(21)27)37(35,36)24-16-18-32(34)30(20-24)28-14-6-10-22-8-2-4-12-26(22)28/h1-20,33-34H. The summed E-state index contributed by atoms with van der Waals surface area (Å²) in [4.78, 5) is 0.116. The number of phenols is 2. The highest BCUT2D eigenvalue weighted by molar-refractivity contribution is 7.91. The van der Waals surface area contributed by atoms with Crippen molar-refractivity contribution >= 4 is 31.4 Å². The first-order valence-corrected chi connectivity index (χ1v) is 13.3. The van der Waals surface area contributed by atoms with Crippen LogP contribution in [0.4, 0.5) is 0 Å². The van der Waals surface area contributed by atoms with Crippen molar-refractivity contribution in [3.63, 3.8) is 0 Å². The first-order valence-electron chi connectivity index (χ1n) is 11.8. The summed E-state index contributed by atoms with van der Waals surface area (Å²) in [7, 11) is -3.96. The molecule has 0 radical (unpaired) electrons. The molecule has 0 atom stereocenters. The van der Waals surface area contributed by atoms with Gasteiger partial charge in [0.05, 0.1) is 9.79 Å². The topological polar surface area (TPSA) is 74.6 Å². The van der Waals surface area contributed by atoms with Crippen molar-refractivity contribution in [3.05, 3.63) is 121 Å². The number of rotatable bonds is 4. The Kier molecular flexibility index (Phi) is 5.43. The highest BCUT2D eigenvalue weighted by Crippen LogP contribution is 2.39. The van der Waals surface area contributed by atoms with E-state index in [1.165, 1.54) is 36.4 Å². The van der Waals surface area contributed by atoms with Crippen LogP contribution < -0.4 is 0 Å². The van der Waals surface area contributed by atoms with E-state index in [1.54, 1.807) is 0 Å². The van der Waals surface area contributed by atoms with Crippen LogP contribution in [0, 0.1) is 0 Å². The van der Waals surface area contributed by atoms with Gasteiger partial charge in [0.1, 0.15) is 11.5 Å². The first kappa shape index (κ1) is 22.8. The Morgan fingerprint density at radius 3 is 1.30 bits per heavy atom. The van der Waals surface area contributed by atoms with E-state index in [4.69, 9.17) is 0 Å². The molecule has 37 heavy (non-hydrogen) atoms. The first-order chi connectivity index (χ1) is 17.9. The van der Waals surface area contributed by atoms with E-state index in [0.29, 0.717) is 11.1 Å². The molecule has 180 valence electrons. The molecule has 0 bridgehead atoms. The highest BCUT2D eigenvalue weighted by atomic mass is 32.2. The molecule has 0 amide bonds. The zero-order valence-corrected chi connectivity index (χ0v) is 20.5. The molecule has 0 aliphatic carbocycles. The molecule has 0 heterocycles. The highest BCUT2D eigenvalue weighted by Gasteiger charge is 2.22. The summed E-state index contributed by atoms with van der Waals surface area (Å²) in [6.07, 6.45) is 0. The van der Waals surface area contributed by atoms with Crippen LogP contribution in [0.5, 0.6) is 11.5 Å². The maximum absolute atomic E-state index is 13.8. The van der Waals surface area contributed by atoms with Crippen LogP contribution in [0.3, 0.4) is 0 Å². The molecule has 0 aliphatic heterocycles. The van der Waals surface area contributed by atoms with Gasteiger partial charge in [-0.3, -0.25) is 0 Å². The molecule has 0 fully saturated rings. The molecule has 5 heteroatoms. The molecule has 4 nitrogen and oxygen atoms in total. The van der Waals surface area contributed by atoms with Gasteiger partial charge in [-0.1, -0.05) is 84.9 Å². The second kappa shape index (κ2) is 8.80. The fourth-order valence-corrected chi connectivity index (χ4v) is 6.17. The van der Waals surface area contributed by atoms with Gasteiger partial charge in [-0.05, 0) is 69.1 Å². The van der Waals surface area contributed by atoms with Crippen molar-refractivity contribution in [2.24, 2.45) is 0 Å². The summed E-state index contributed by atoms with van der Waals surface area (Å²) >= 11 is 0. The zero-order chi connectivity index (χ0) is 25.6. The summed E-state index contributed by atoms with van der Waals surface area (Å²) < 4.78 is 27.6. The van der Waals surface area contributed by atoms with Crippen molar-refractivity contribution in [2.75, 3.05) is 0 Å². The van der Waals surface area contributed by atoms with Gasteiger partial charge in [0, 0.05) is 11.1 Å². The molecule has 0 unspecified atom stereocenters. The Balaban J connectivity index is 1.50. The maximum Gasteiger partial charge on any atom is 0.206 e. The van der Waals surface area contributed by atoms with E-state index >= 15 is 0 Å². The van der Waals surface area contributed by atoms with E-state index in [1.807, 2.05) is 84.9 Å². The normalized spacial score (nSPS) is 11.7. The van der Waals surface area contributed by atoms with Gasteiger partial charge in [-0.2, -0.15) is 0 Å². The number of phenolic OH excluding ortho intramolecular Hbond substituents is 2. The molecule has 2 N–H and O–H groups in total. The minimum atomic E-state index is -3.96. The molecule has 6 aromatic rings. The minimum absolute atomic E-state index is 0.00236. The van der Waals surface area contributed by atoms with Crippen LogP contribution in [-0.2, 0) is 9.84 Å². The molecule has 0 spiro atoms. The lowest BCUT2D eigenvalue weighted by molar-refractivity contribution is 0.476. The number of sulfone groups is 1. The number of fused-ring (bicyclic) bond motifs is 2. The van der Waals surface area contributed by atoms with Crippen LogP contribution in [0.1, 0.15) is 0 Å². The molecule has 6 rings (SSSR count). The van der Waals surface area contributed by atoms with Gasteiger partial charge in [-0.15, -0.1) is 0 Å². The van der Waals surface area contributed by atoms with Crippen molar-refractivity contribution < 1.29 is 18.6 Å². The predicted molar refractivity (Wildman–Crippen MR) is 148 cm³/mol. The number of hydrogen-bond donors (Lipinski definition) is 2. The second-order valence-electron chi connectivity index (χ2n) is 8.91. The Hall–Kier alpha value is -4.61. The summed E-state index contributed by atoms with van der Waals surface area (Å²) in [5.41, 5.74) is 2.36. The van der Waals surface area contributed by atoms with Crippen LogP contribution in [0.25, 0.3) is 43.8 Å². The van der Waals surface area contributed by atoms with Gasteiger partial charge in [0.15, 0.2) is 0 Å². The second-order valence-corrected chi connectivity index (χ2v) is 10.9. The fraction of sp³-hybridized carbons (Fsp3) is 0. The van der Waals surface area contributed by atoms with E-state index in [0.717, 1.165) is 32.7 Å². The van der Waals surface area contributed by atoms with E-state index in [-0.39, 0.29) is 21.3 Å². The van der Waals surface area contributed by atoms with Gasteiger partial charge in [0.25, 0.3) is 0 Å².